The molecule has 3 heteroatoms. The van der Waals surface area contributed by atoms with Gasteiger partial charge in [-0.05, 0) is 61.4 Å². The molecule has 0 amide bonds. The van der Waals surface area contributed by atoms with E-state index in [4.69, 9.17) is 0 Å². The zero-order valence-electron chi connectivity index (χ0n) is 10.7. The first-order valence-corrected chi connectivity index (χ1v) is 7.82. The highest BCUT2D eigenvalue weighted by Gasteiger charge is 2.33. The van der Waals surface area contributed by atoms with Gasteiger partial charge in [-0.3, -0.25) is 0 Å². The minimum Gasteiger partial charge on any atom is -0.329 e. The van der Waals surface area contributed by atoms with E-state index < -0.39 is 0 Å². The van der Waals surface area contributed by atoms with Gasteiger partial charge in [-0.15, -0.1) is 0 Å². The van der Waals surface area contributed by atoms with E-state index in [9.17, 15) is 4.55 Å². The Labute approximate surface area is 114 Å². The molecule has 0 bridgehead atoms. The van der Waals surface area contributed by atoms with Crippen molar-refractivity contribution in [3.8, 4) is 0 Å². The van der Waals surface area contributed by atoms with E-state index in [2.05, 4.69) is 29.2 Å². The normalized spacial score (nSPS) is 28.3. The number of hydrogen-bond donors (Lipinski definition) is 1. The van der Waals surface area contributed by atoms with Crippen LogP contribution in [0.3, 0.4) is 0 Å². The largest absolute Gasteiger partial charge is 0.329 e. The van der Waals surface area contributed by atoms with Crippen molar-refractivity contribution >= 4 is 12.0 Å². The summed E-state index contributed by atoms with van der Waals surface area (Å²) in [4.78, 5) is 2.59. The van der Waals surface area contributed by atoms with E-state index in [0.717, 1.165) is 25.0 Å². The van der Waals surface area contributed by atoms with Crippen LogP contribution < -0.4 is 0 Å². The van der Waals surface area contributed by atoms with Gasteiger partial charge in [-0.2, -0.15) is 0 Å². The lowest BCUT2D eigenvalue weighted by Crippen LogP contribution is -2.35. The van der Waals surface area contributed by atoms with Crippen LogP contribution in [-0.4, -0.2) is 29.1 Å². The van der Waals surface area contributed by atoms with Crippen molar-refractivity contribution in [2.45, 2.75) is 30.9 Å². The first-order valence-electron chi connectivity index (χ1n) is 6.99. The maximum absolute atomic E-state index is 9.61. The topological polar surface area (TPSA) is 23.5 Å². The highest BCUT2D eigenvalue weighted by molar-refractivity contribution is 7.94. The minimum absolute atomic E-state index is 0.281. The van der Waals surface area contributed by atoms with Crippen LogP contribution in [0.2, 0.25) is 0 Å². The van der Waals surface area contributed by atoms with E-state index in [0.29, 0.717) is 5.92 Å². The standard InChI is InChI=1S/C15H21NOS/c17-18-15-13(11-16-8-4-1-5-9-16)10-12-6-2-3-7-14(12)15/h2-3,6-7,13,15,17H,1,4-5,8-11H2. The molecule has 1 N–H and O–H groups in total. The van der Waals surface area contributed by atoms with Crippen LogP contribution >= 0.6 is 12.0 Å². The molecule has 1 fully saturated rings. The Morgan fingerprint density at radius 1 is 1.17 bits per heavy atom. The quantitative estimate of drug-likeness (QED) is 0.843. The summed E-state index contributed by atoms with van der Waals surface area (Å²) in [5.41, 5.74) is 2.79. The molecule has 1 aliphatic heterocycles. The SMILES string of the molecule is OSC1c2ccccc2CC1CN1CCCCC1. The van der Waals surface area contributed by atoms with Gasteiger partial charge >= 0.3 is 0 Å². The smallest absolute Gasteiger partial charge is 0.0604 e. The van der Waals surface area contributed by atoms with Gasteiger partial charge in [0.15, 0.2) is 0 Å². The molecule has 1 heterocycles. The highest BCUT2D eigenvalue weighted by Crippen LogP contribution is 2.44. The molecule has 2 unspecified atom stereocenters. The van der Waals surface area contributed by atoms with Gasteiger partial charge in [0.2, 0.25) is 0 Å². The Balaban J connectivity index is 1.70. The van der Waals surface area contributed by atoms with Crippen molar-refractivity contribution in [3.63, 3.8) is 0 Å². The second-order valence-electron chi connectivity index (χ2n) is 5.55. The summed E-state index contributed by atoms with van der Waals surface area (Å²) in [6.07, 6.45) is 5.21. The number of benzene rings is 1. The molecule has 18 heavy (non-hydrogen) atoms. The van der Waals surface area contributed by atoms with Gasteiger partial charge in [-0.1, -0.05) is 30.7 Å². The predicted octanol–water partition coefficient (Wildman–Crippen LogP) is 3.59. The lowest BCUT2D eigenvalue weighted by molar-refractivity contribution is 0.196. The van der Waals surface area contributed by atoms with Crippen LogP contribution in [0, 0.1) is 5.92 Å². The number of piperidine rings is 1. The van der Waals surface area contributed by atoms with E-state index in [-0.39, 0.29) is 5.25 Å². The third kappa shape index (κ3) is 2.44. The van der Waals surface area contributed by atoms with E-state index in [1.54, 1.807) is 0 Å². The number of rotatable bonds is 3. The van der Waals surface area contributed by atoms with Crippen molar-refractivity contribution in [1.82, 2.24) is 4.90 Å². The maximum Gasteiger partial charge on any atom is 0.0604 e. The number of likely N-dealkylation sites (tertiary alicyclic amines) is 1. The molecule has 3 rings (SSSR count). The van der Waals surface area contributed by atoms with Gasteiger partial charge in [0.05, 0.1) is 5.25 Å². The van der Waals surface area contributed by atoms with Gasteiger partial charge in [-0.25, -0.2) is 0 Å². The Hall–Kier alpha value is -0.510. The third-order valence-electron chi connectivity index (χ3n) is 4.33. The summed E-state index contributed by atoms with van der Waals surface area (Å²) in [6, 6.07) is 8.60. The fourth-order valence-electron chi connectivity index (χ4n) is 3.42. The van der Waals surface area contributed by atoms with Crippen molar-refractivity contribution in [2.24, 2.45) is 5.92 Å². The first kappa shape index (κ1) is 12.5. The van der Waals surface area contributed by atoms with Crippen molar-refractivity contribution in [2.75, 3.05) is 19.6 Å². The Bertz CT molecular complexity index is 403. The second-order valence-corrected chi connectivity index (χ2v) is 6.27. The number of hydrogen-bond acceptors (Lipinski definition) is 3. The summed E-state index contributed by atoms with van der Waals surface area (Å²) in [6.45, 7) is 3.64. The van der Waals surface area contributed by atoms with Crippen LogP contribution in [0.15, 0.2) is 24.3 Å². The molecule has 0 aromatic heterocycles. The van der Waals surface area contributed by atoms with Crippen LogP contribution in [0.1, 0.15) is 35.6 Å². The van der Waals surface area contributed by atoms with E-state index in [1.165, 1.54) is 43.5 Å². The Kier molecular flexibility index (Phi) is 3.92. The Morgan fingerprint density at radius 2 is 1.94 bits per heavy atom. The molecular formula is C15H21NOS. The molecule has 2 nitrogen and oxygen atoms in total. The zero-order chi connectivity index (χ0) is 12.4. The van der Waals surface area contributed by atoms with Crippen molar-refractivity contribution in [3.05, 3.63) is 35.4 Å². The summed E-state index contributed by atoms with van der Waals surface area (Å²) < 4.78 is 9.61. The minimum atomic E-state index is 0.281. The molecule has 1 aromatic carbocycles. The molecule has 2 aliphatic rings. The summed E-state index contributed by atoms with van der Waals surface area (Å²) in [7, 11) is 0. The van der Waals surface area contributed by atoms with Crippen LogP contribution in [0.4, 0.5) is 0 Å². The van der Waals surface area contributed by atoms with Crippen molar-refractivity contribution < 1.29 is 4.55 Å². The van der Waals surface area contributed by atoms with Crippen molar-refractivity contribution in [1.29, 1.82) is 0 Å². The Morgan fingerprint density at radius 3 is 2.72 bits per heavy atom. The van der Waals surface area contributed by atoms with E-state index >= 15 is 0 Å². The van der Waals surface area contributed by atoms with Gasteiger partial charge < -0.3 is 9.45 Å². The van der Waals surface area contributed by atoms with Gasteiger partial charge in [0.25, 0.3) is 0 Å². The molecule has 0 spiro atoms. The van der Waals surface area contributed by atoms with Gasteiger partial charge in [0.1, 0.15) is 0 Å². The maximum atomic E-state index is 9.61. The lowest BCUT2D eigenvalue weighted by atomic mass is 10.0. The fourth-order valence-corrected chi connectivity index (χ4v) is 4.12. The molecule has 0 saturated carbocycles. The zero-order valence-corrected chi connectivity index (χ0v) is 11.5. The first-order chi connectivity index (χ1) is 8.88. The molecule has 98 valence electrons. The molecular weight excluding hydrogens is 242 g/mol. The average molecular weight is 263 g/mol. The molecule has 1 aliphatic carbocycles. The van der Waals surface area contributed by atoms with Crippen LogP contribution in [-0.2, 0) is 6.42 Å². The number of nitrogens with zero attached hydrogens (tertiary/aromatic N) is 1. The highest BCUT2D eigenvalue weighted by atomic mass is 32.2. The number of fused-ring (bicyclic) bond motifs is 1. The summed E-state index contributed by atoms with van der Waals surface area (Å²) in [5, 5.41) is 0.281. The van der Waals surface area contributed by atoms with Crippen LogP contribution in [0.5, 0.6) is 0 Å². The summed E-state index contributed by atoms with van der Waals surface area (Å²) in [5.74, 6) is 0.579. The lowest BCUT2D eigenvalue weighted by Gasteiger charge is -2.30. The fraction of sp³-hybridized carbons (Fsp3) is 0.600. The monoisotopic (exact) mass is 263 g/mol. The molecule has 1 saturated heterocycles. The third-order valence-corrected chi connectivity index (χ3v) is 5.19. The second kappa shape index (κ2) is 5.64. The predicted molar refractivity (Wildman–Crippen MR) is 76.9 cm³/mol. The average Bonchev–Trinajstić information content (AvgIpc) is 2.77. The molecule has 0 radical (unpaired) electrons. The van der Waals surface area contributed by atoms with Gasteiger partial charge in [0, 0.05) is 6.54 Å². The van der Waals surface area contributed by atoms with Crippen LogP contribution in [0.25, 0.3) is 0 Å². The molecule has 2 atom stereocenters. The molecule has 1 aromatic rings. The summed E-state index contributed by atoms with van der Waals surface area (Å²) >= 11 is 1.05. The van der Waals surface area contributed by atoms with E-state index in [1.807, 2.05) is 0 Å².